The first kappa shape index (κ1) is 9.62. The van der Waals surface area contributed by atoms with E-state index in [1.54, 1.807) is 0 Å². The van der Waals surface area contributed by atoms with Gasteiger partial charge in [0, 0.05) is 11.4 Å². The molecule has 0 radical (unpaired) electrons. The summed E-state index contributed by atoms with van der Waals surface area (Å²) in [4.78, 5) is 1.00. The van der Waals surface area contributed by atoms with Crippen LogP contribution in [0.4, 0.5) is 0 Å². The first-order valence-electron chi connectivity index (χ1n) is 4.17. The van der Waals surface area contributed by atoms with Crippen molar-refractivity contribution in [2.24, 2.45) is 5.73 Å². The van der Waals surface area contributed by atoms with E-state index in [-0.39, 0.29) is 0 Å². The van der Waals surface area contributed by atoms with E-state index in [1.807, 2.05) is 0 Å². The zero-order valence-electron chi connectivity index (χ0n) is 7.54. The van der Waals surface area contributed by atoms with Crippen LogP contribution in [0, 0.1) is 0 Å². The van der Waals surface area contributed by atoms with Gasteiger partial charge in [0.25, 0.3) is 0 Å². The molecule has 0 bridgehead atoms. The molecule has 1 aromatic carbocycles. The average molecular weight is 181 g/mol. The van der Waals surface area contributed by atoms with Gasteiger partial charge in [-0.1, -0.05) is 26.0 Å². The molecule has 0 fully saturated rings. The zero-order chi connectivity index (χ0) is 9.14. The van der Waals surface area contributed by atoms with Gasteiger partial charge in [0.15, 0.2) is 0 Å². The third-order valence-corrected chi connectivity index (χ3v) is 2.41. The molecule has 0 saturated heterocycles. The van der Waals surface area contributed by atoms with Gasteiger partial charge in [0.1, 0.15) is 0 Å². The summed E-state index contributed by atoms with van der Waals surface area (Å²) in [5, 5.41) is 0. The van der Waals surface area contributed by atoms with E-state index in [4.69, 9.17) is 5.73 Å². The lowest BCUT2D eigenvalue weighted by molar-refractivity contribution is 0.857. The second-order valence-corrected chi connectivity index (χ2v) is 3.73. The second kappa shape index (κ2) is 3.97. The SMILES string of the molecule is CC(C)c1ccc(CN)c(S)c1. The third kappa shape index (κ3) is 2.02. The molecule has 0 saturated carbocycles. The number of rotatable bonds is 2. The first-order chi connectivity index (χ1) is 5.65. The average Bonchev–Trinajstić information content (AvgIpc) is 2.04. The zero-order valence-corrected chi connectivity index (χ0v) is 8.44. The van der Waals surface area contributed by atoms with Gasteiger partial charge in [-0.05, 0) is 23.1 Å². The van der Waals surface area contributed by atoms with E-state index in [2.05, 4.69) is 44.7 Å². The van der Waals surface area contributed by atoms with Gasteiger partial charge in [-0.25, -0.2) is 0 Å². The van der Waals surface area contributed by atoms with Crippen molar-refractivity contribution in [3.8, 4) is 0 Å². The smallest absolute Gasteiger partial charge is 0.0189 e. The van der Waals surface area contributed by atoms with Crippen LogP contribution in [0.25, 0.3) is 0 Å². The van der Waals surface area contributed by atoms with Gasteiger partial charge in [-0.3, -0.25) is 0 Å². The minimum absolute atomic E-state index is 0.558. The standard InChI is InChI=1S/C10H15NS/c1-7(2)8-3-4-9(6-11)10(12)5-8/h3-5,7,12H,6,11H2,1-2H3. The Balaban J connectivity index is 3.02. The van der Waals surface area contributed by atoms with Gasteiger partial charge in [0.05, 0.1) is 0 Å². The first-order valence-corrected chi connectivity index (χ1v) is 4.61. The Bertz CT molecular complexity index is 269. The predicted octanol–water partition coefficient (Wildman–Crippen LogP) is 2.56. The number of hydrogen-bond donors (Lipinski definition) is 2. The highest BCUT2D eigenvalue weighted by Crippen LogP contribution is 2.20. The van der Waals surface area contributed by atoms with Crippen LogP contribution in [0.2, 0.25) is 0 Å². The summed E-state index contributed by atoms with van der Waals surface area (Å²) in [5.41, 5.74) is 7.96. The van der Waals surface area contributed by atoms with Crippen LogP contribution in [-0.2, 0) is 6.54 Å². The second-order valence-electron chi connectivity index (χ2n) is 3.25. The molecule has 0 aromatic heterocycles. The van der Waals surface area contributed by atoms with E-state index in [0.29, 0.717) is 12.5 Å². The molecule has 1 rings (SSSR count). The molecular formula is C10H15NS. The van der Waals surface area contributed by atoms with Crippen LogP contribution in [0.15, 0.2) is 23.1 Å². The summed E-state index contributed by atoms with van der Waals surface area (Å²) in [5.74, 6) is 0.558. The Labute approximate surface area is 79.4 Å². The summed E-state index contributed by atoms with van der Waals surface area (Å²) in [6.45, 7) is 4.91. The molecule has 0 aliphatic carbocycles. The monoisotopic (exact) mass is 181 g/mol. The Morgan fingerprint density at radius 3 is 2.50 bits per heavy atom. The Morgan fingerprint density at radius 2 is 2.08 bits per heavy atom. The molecule has 1 aromatic rings. The number of nitrogens with two attached hydrogens (primary N) is 1. The van der Waals surface area contributed by atoms with Gasteiger partial charge in [0.2, 0.25) is 0 Å². The van der Waals surface area contributed by atoms with Crippen molar-refractivity contribution >= 4 is 12.6 Å². The summed E-state index contributed by atoms with van der Waals surface area (Å²) in [6, 6.07) is 6.26. The van der Waals surface area contributed by atoms with Crippen LogP contribution in [-0.4, -0.2) is 0 Å². The normalized spacial score (nSPS) is 10.8. The maximum atomic E-state index is 5.53. The fraction of sp³-hybridized carbons (Fsp3) is 0.400. The van der Waals surface area contributed by atoms with Gasteiger partial charge in [-0.15, -0.1) is 12.6 Å². The van der Waals surface area contributed by atoms with Gasteiger partial charge in [-0.2, -0.15) is 0 Å². The molecule has 0 amide bonds. The maximum Gasteiger partial charge on any atom is 0.0189 e. The van der Waals surface area contributed by atoms with Crippen molar-refractivity contribution in [1.29, 1.82) is 0 Å². The molecule has 0 aliphatic rings. The summed E-state index contributed by atoms with van der Waals surface area (Å²) in [7, 11) is 0. The summed E-state index contributed by atoms with van der Waals surface area (Å²) >= 11 is 4.36. The maximum absolute atomic E-state index is 5.53. The largest absolute Gasteiger partial charge is 0.326 e. The van der Waals surface area contributed by atoms with Gasteiger partial charge >= 0.3 is 0 Å². The number of benzene rings is 1. The molecule has 12 heavy (non-hydrogen) atoms. The van der Waals surface area contributed by atoms with E-state index >= 15 is 0 Å². The van der Waals surface area contributed by atoms with E-state index in [0.717, 1.165) is 10.5 Å². The van der Waals surface area contributed by atoms with Crippen molar-refractivity contribution < 1.29 is 0 Å². The fourth-order valence-electron chi connectivity index (χ4n) is 1.11. The molecule has 0 aliphatic heterocycles. The predicted molar refractivity (Wildman–Crippen MR) is 55.7 cm³/mol. The van der Waals surface area contributed by atoms with Crippen molar-refractivity contribution in [3.05, 3.63) is 29.3 Å². The summed E-state index contributed by atoms with van der Waals surface area (Å²) < 4.78 is 0. The van der Waals surface area contributed by atoms with Crippen molar-refractivity contribution in [1.82, 2.24) is 0 Å². The topological polar surface area (TPSA) is 26.0 Å². The van der Waals surface area contributed by atoms with Crippen LogP contribution in [0.1, 0.15) is 30.9 Å². The molecular weight excluding hydrogens is 166 g/mol. The molecule has 2 N–H and O–H groups in total. The quantitative estimate of drug-likeness (QED) is 0.674. The third-order valence-electron chi connectivity index (χ3n) is 2.00. The highest BCUT2D eigenvalue weighted by Gasteiger charge is 2.01. The summed E-state index contributed by atoms with van der Waals surface area (Å²) in [6.07, 6.45) is 0. The molecule has 0 atom stereocenters. The number of hydrogen-bond acceptors (Lipinski definition) is 2. The lowest BCUT2D eigenvalue weighted by Gasteiger charge is -2.08. The van der Waals surface area contributed by atoms with Crippen LogP contribution in [0.3, 0.4) is 0 Å². The minimum atomic E-state index is 0.558. The van der Waals surface area contributed by atoms with Crippen LogP contribution in [0.5, 0.6) is 0 Å². The Kier molecular flexibility index (Phi) is 3.18. The van der Waals surface area contributed by atoms with Crippen molar-refractivity contribution in [2.45, 2.75) is 31.2 Å². The molecule has 66 valence electrons. The molecule has 0 heterocycles. The molecule has 0 unspecified atom stereocenters. The van der Waals surface area contributed by atoms with Gasteiger partial charge < -0.3 is 5.73 Å². The lowest BCUT2D eigenvalue weighted by Crippen LogP contribution is -1.98. The van der Waals surface area contributed by atoms with Crippen LogP contribution < -0.4 is 5.73 Å². The van der Waals surface area contributed by atoms with Crippen molar-refractivity contribution in [2.75, 3.05) is 0 Å². The van der Waals surface area contributed by atoms with E-state index < -0.39 is 0 Å². The minimum Gasteiger partial charge on any atom is -0.326 e. The highest BCUT2D eigenvalue weighted by atomic mass is 32.1. The fourth-order valence-corrected chi connectivity index (χ4v) is 1.43. The molecule has 1 nitrogen and oxygen atoms in total. The number of thiol groups is 1. The lowest BCUT2D eigenvalue weighted by atomic mass is 10.0. The molecule has 0 spiro atoms. The van der Waals surface area contributed by atoms with Crippen LogP contribution >= 0.6 is 12.6 Å². The molecule has 2 heteroatoms. The Hall–Kier alpha value is -0.470. The van der Waals surface area contributed by atoms with E-state index in [9.17, 15) is 0 Å². The van der Waals surface area contributed by atoms with E-state index in [1.165, 1.54) is 5.56 Å². The Morgan fingerprint density at radius 1 is 1.42 bits per heavy atom. The van der Waals surface area contributed by atoms with Crippen molar-refractivity contribution in [3.63, 3.8) is 0 Å². The highest BCUT2D eigenvalue weighted by molar-refractivity contribution is 7.80.